The summed E-state index contributed by atoms with van der Waals surface area (Å²) in [6, 6.07) is 13.6. The smallest absolute Gasteiger partial charge is 0.305 e. The molecule has 0 saturated carbocycles. The van der Waals surface area contributed by atoms with Crippen LogP contribution in [0.5, 0.6) is 0 Å². The Morgan fingerprint density at radius 3 is 2.94 bits per heavy atom. The predicted octanol–water partition coefficient (Wildman–Crippen LogP) is 3.16. The van der Waals surface area contributed by atoms with Gasteiger partial charge in [0.05, 0.1) is 28.8 Å². The van der Waals surface area contributed by atoms with Crippen molar-refractivity contribution < 1.29 is 9.90 Å². The van der Waals surface area contributed by atoms with Crippen molar-refractivity contribution in [2.45, 2.75) is 38.3 Å². The Morgan fingerprint density at radius 1 is 1.33 bits per heavy atom. The van der Waals surface area contributed by atoms with Gasteiger partial charge in [0, 0.05) is 38.7 Å². The van der Waals surface area contributed by atoms with E-state index in [2.05, 4.69) is 27.8 Å². The van der Waals surface area contributed by atoms with Crippen molar-refractivity contribution in [1.29, 1.82) is 0 Å². The van der Waals surface area contributed by atoms with Crippen LogP contribution in [0.1, 0.15) is 42.5 Å². The number of hydrogen-bond donors (Lipinski definition) is 2. The molecular formula is C26H29N3O3S. The van der Waals surface area contributed by atoms with Crippen LogP contribution in [0.2, 0.25) is 0 Å². The summed E-state index contributed by atoms with van der Waals surface area (Å²) in [6.45, 7) is 4.11. The van der Waals surface area contributed by atoms with Gasteiger partial charge in [-0.1, -0.05) is 48.3 Å². The number of H-pyrrole nitrogens is 1. The first kappa shape index (κ1) is 23.2. The Kier molecular flexibility index (Phi) is 7.29. The third-order valence-corrected chi connectivity index (χ3v) is 6.92. The van der Waals surface area contributed by atoms with Crippen LogP contribution in [0.4, 0.5) is 0 Å². The first-order valence-corrected chi connectivity index (χ1v) is 12.1. The summed E-state index contributed by atoms with van der Waals surface area (Å²) in [6.07, 6.45) is 1.48. The van der Waals surface area contributed by atoms with E-state index in [9.17, 15) is 14.7 Å². The molecule has 2 aromatic carbocycles. The van der Waals surface area contributed by atoms with E-state index in [0.717, 1.165) is 46.3 Å². The van der Waals surface area contributed by atoms with Gasteiger partial charge in [0.1, 0.15) is 0 Å². The third-order valence-electron chi connectivity index (χ3n) is 6.06. The Morgan fingerprint density at radius 2 is 2.18 bits per heavy atom. The topological polar surface area (TPSA) is 76.6 Å². The second-order valence-electron chi connectivity index (χ2n) is 8.53. The number of thiazole rings is 1. The number of β-amino-alcohol motifs (C(OH)–C–C–N with tert-alkyl or cyclic N) is 1. The van der Waals surface area contributed by atoms with Crippen LogP contribution in [0, 0.1) is 11.8 Å². The van der Waals surface area contributed by atoms with Gasteiger partial charge in [0.15, 0.2) is 0 Å². The number of benzene rings is 2. The van der Waals surface area contributed by atoms with Gasteiger partial charge >= 0.3 is 4.87 Å². The summed E-state index contributed by atoms with van der Waals surface area (Å²) in [7, 11) is 1.84. The lowest BCUT2D eigenvalue weighted by atomic mass is 10.0. The van der Waals surface area contributed by atoms with E-state index in [1.54, 1.807) is 4.90 Å². The molecule has 33 heavy (non-hydrogen) atoms. The molecule has 172 valence electrons. The van der Waals surface area contributed by atoms with Crippen LogP contribution < -0.4 is 4.87 Å². The highest BCUT2D eigenvalue weighted by molar-refractivity contribution is 7.16. The molecule has 0 spiro atoms. The van der Waals surface area contributed by atoms with Crippen LogP contribution in [-0.4, -0.2) is 58.6 Å². The molecule has 1 saturated heterocycles. The molecule has 3 aromatic rings. The van der Waals surface area contributed by atoms with Gasteiger partial charge in [-0.25, -0.2) is 0 Å². The molecule has 0 bridgehead atoms. The number of amides is 1. The van der Waals surface area contributed by atoms with Gasteiger partial charge < -0.3 is 15.0 Å². The van der Waals surface area contributed by atoms with Crippen molar-refractivity contribution in [1.82, 2.24) is 14.8 Å². The molecule has 7 heteroatoms. The highest BCUT2D eigenvalue weighted by Crippen LogP contribution is 2.25. The molecule has 2 atom stereocenters. The van der Waals surface area contributed by atoms with Crippen LogP contribution in [0.25, 0.3) is 10.2 Å². The minimum atomic E-state index is -0.312. The average Bonchev–Trinajstić information content (AvgIpc) is 3.39. The van der Waals surface area contributed by atoms with E-state index >= 15 is 0 Å². The van der Waals surface area contributed by atoms with Gasteiger partial charge in [0.25, 0.3) is 0 Å². The quantitative estimate of drug-likeness (QED) is 0.551. The zero-order valence-corrected chi connectivity index (χ0v) is 19.8. The number of rotatable bonds is 6. The average molecular weight is 464 g/mol. The molecule has 6 nitrogen and oxygen atoms in total. The first-order valence-electron chi connectivity index (χ1n) is 11.3. The summed E-state index contributed by atoms with van der Waals surface area (Å²) in [5.41, 5.74) is 3.61. The number of aliphatic hydroxyl groups excluding tert-OH is 1. The van der Waals surface area contributed by atoms with Crippen LogP contribution >= 0.6 is 11.3 Å². The molecule has 4 rings (SSSR count). The number of hydrogen-bond acceptors (Lipinski definition) is 5. The monoisotopic (exact) mass is 463 g/mol. The number of fused-ring (bicyclic) bond motifs is 1. The largest absolute Gasteiger partial charge is 0.392 e. The van der Waals surface area contributed by atoms with E-state index in [1.165, 1.54) is 11.3 Å². The number of aromatic nitrogens is 1. The van der Waals surface area contributed by atoms with Crippen molar-refractivity contribution in [2.75, 3.05) is 26.7 Å². The molecule has 0 unspecified atom stereocenters. The molecule has 1 fully saturated rings. The van der Waals surface area contributed by atoms with Gasteiger partial charge in [-0.2, -0.15) is 0 Å². The summed E-state index contributed by atoms with van der Waals surface area (Å²) >= 11 is 1.17. The molecule has 2 heterocycles. The van der Waals surface area contributed by atoms with E-state index in [1.807, 2.05) is 50.4 Å². The Hall–Kier alpha value is -2.92. The van der Waals surface area contributed by atoms with E-state index in [0.29, 0.717) is 13.1 Å². The predicted molar refractivity (Wildman–Crippen MR) is 132 cm³/mol. The number of nitrogens with one attached hydrogen (secondary N) is 1. The summed E-state index contributed by atoms with van der Waals surface area (Å²) in [5, 5.41) is 9.99. The van der Waals surface area contributed by atoms with Gasteiger partial charge in [-0.3, -0.25) is 14.5 Å². The van der Waals surface area contributed by atoms with Crippen molar-refractivity contribution in [3.8, 4) is 11.8 Å². The number of nitrogens with zero attached hydrogens (tertiary/aromatic N) is 2. The number of carbonyl (C=O) groups excluding carboxylic acids is 1. The van der Waals surface area contributed by atoms with Crippen LogP contribution in [0.3, 0.4) is 0 Å². The van der Waals surface area contributed by atoms with E-state index < -0.39 is 0 Å². The lowest BCUT2D eigenvalue weighted by molar-refractivity contribution is -0.131. The van der Waals surface area contributed by atoms with Crippen molar-refractivity contribution >= 4 is 27.5 Å². The molecule has 1 amide bonds. The Bertz CT molecular complexity index is 1250. The van der Waals surface area contributed by atoms with E-state index in [-0.39, 0.29) is 29.3 Å². The SMILES string of the molecule is CCC#Cc1cccc([C@@H](CN2CC[C@@H](O)C2)N(C)C(=O)Cc2ccc3sc(=O)[nH]c3c2)c1. The molecule has 2 N–H and O–H groups in total. The maximum absolute atomic E-state index is 13.3. The van der Waals surface area contributed by atoms with Crippen molar-refractivity contribution in [2.24, 2.45) is 0 Å². The lowest BCUT2D eigenvalue weighted by Crippen LogP contribution is -2.39. The second-order valence-corrected chi connectivity index (χ2v) is 9.54. The number of aromatic amines is 1. The molecule has 0 radical (unpaired) electrons. The second kappa shape index (κ2) is 10.3. The highest BCUT2D eigenvalue weighted by atomic mass is 32.1. The highest BCUT2D eigenvalue weighted by Gasteiger charge is 2.28. The molecule has 1 aromatic heterocycles. The number of likely N-dealkylation sites (tertiary alicyclic amines) is 1. The van der Waals surface area contributed by atoms with Crippen molar-refractivity contribution in [3.05, 3.63) is 68.8 Å². The zero-order chi connectivity index (χ0) is 23.4. The van der Waals surface area contributed by atoms with Crippen LogP contribution in [0.15, 0.2) is 47.3 Å². The van der Waals surface area contributed by atoms with E-state index in [4.69, 9.17) is 0 Å². The van der Waals surface area contributed by atoms with Gasteiger partial charge in [-0.05, 0) is 41.8 Å². The van der Waals surface area contributed by atoms with Gasteiger partial charge in [-0.15, -0.1) is 0 Å². The normalized spacial score (nSPS) is 17.0. The molecular weight excluding hydrogens is 434 g/mol. The third kappa shape index (κ3) is 5.72. The van der Waals surface area contributed by atoms with Crippen molar-refractivity contribution in [3.63, 3.8) is 0 Å². The first-order chi connectivity index (χ1) is 15.9. The molecule has 1 aliphatic heterocycles. The maximum Gasteiger partial charge on any atom is 0.305 e. The fourth-order valence-corrected chi connectivity index (χ4v) is 4.99. The minimum absolute atomic E-state index is 0.00159. The molecule has 1 aliphatic rings. The Labute approximate surface area is 197 Å². The zero-order valence-electron chi connectivity index (χ0n) is 19.0. The fourth-order valence-electron chi connectivity index (χ4n) is 4.27. The maximum atomic E-state index is 13.3. The number of aliphatic hydroxyl groups is 1. The standard InChI is InChI=1S/C26H29N3O3S/c1-3-4-6-18-7-5-8-20(13-18)23(17-29-12-11-21(30)16-29)28(2)25(31)15-19-9-10-24-22(14-19)27-26(32)33-24/h5,7-10,13-14,21,23,30H,3,11-12,15-17H2,1-2H3,(H,27,32)/t21-,23-/m1/s1. The van der Waals surface area contributed by atoms with Gasteiger partial charge in [0.2, 0.25) is 5.91 Å². The number of carbonyl (C=O) groups is 1. The lowest BCUT2D eigenvalue weighted by Gasteiger charge is -2.32. The minimum Gasteiger partial charge on any atom is -0.392 e. The Balaban J connectivity index is 1.57. The summed E-state index contributed by atoms with van der Waals surface area (Å²) in [4.78, 5) is 31.7. The summed E-state index contributed by atoms with van der Waals surface area (Å²) < 4.78 is 0.889. The van der Waals surface area contributed by atoms with Crippen LogP contribution in [-0.2, 0) is 11.2 Å². The fraction of sp³-hybridized carbons (Fsp3) is 0.385. The number of likely N-dealkylation sites (N-methyl/N-ethyl adjacent to an activating group) is 1. The summed E-state index contributed by atoms with van der Waals surface area (Å²) in [5.74, 6) is 6.30. The molecule has 0 aliphatic carbocycles.